The fraction of sp³-hybridized carbons (Fsp3) is 0.846. The van der Waals surface area contributed by atoms with E-state index in [0.717, 1.165) is 39.3 Å². The zero-order valence-electron chi connectivity index (χ0n) is 11.3. The fourth-order valence-electron chi connectivity index (χ4n) is 2.44. The molecule has 0 bridgehead atoms. The second-order valence-corrected chi connectivity index (χ2v) is 5.14. The molecule has 6 heteroatoms. The summed E-state index contributed by atoms with van der Waals surface area (Å²) < 4.78 is 5.29. The Kier molecular flexibility index (Phi) is 5.60. The maximum Gasteiger partial charge on any atom is 0.224 e. The molecule has 2 aliphatic rings. The van der Waals surface area contributed by atoms with Crippen LogP contribution >= 0.6 is 0 Å². The quantitative estimate of drug-likeness (QED) is 0.651. The SMILES string of the molecule is O=C1CCC(C(=O)NCCCN2CCOCC2)CN1. The van der Waals surface area contributed by atoms with E-state index in [1.165, 1.54) is 0 Å². The molecule has 2 amide bonds. The highest BCUT2D eigenvalue weighted by atomic mass is 16.5. The van der Waals surface area contributed by atoms with Gasteiger partial charge in [0.2, 0.25) is 11.8 Å². The molecule has 2 rings (SSSR count). The molecule has 0 aromatic rings. The predicted molar refractivity (Wildman–Crippen MR) is 70.6 cm³/mol. The van der Waals surface area contributed by atoms with Crippen LogP contribution in [0.1, 0.15) is 19.3 Å². The van der Waals surface area contributed by atoms with E-state index in [-0.39, 0.29) is 17.7 Å². The minimum absolute atomic E-state index is 0.0522. The number of nitrogens with one attached hydrogen (secondary N) is 2. The molecule has 2 saturated heterocycles. The van der Waals surface area contributed by atoms with E-state index in [9.17, 15) is 9.59 Å². The summed E-state index contributed by atoms with van der Waals surface area (Å²) in [6.45, 7) is 5.80. The van der Waals surface area contributed by atoms with Gasteiger partial charge in [0, 0.05) is 32.6 Å². The Morgan fingerprint density at radius 1 is 1.42 bits per heavy atom. The van der Waals surface area contributed by atoms with Gasteiger partial charge >= 0.3 is 0 Å². The number of ether oxygens (including phenoxy) is 1. The first-order valence-corrected chi connectivity index (χ1v) is 7.10. The third kappa shape index (κ3) is 4.80. The smallest absolute Gasteiger partial charge is 0.224 e. The van der Waals surface area contributed by atoms with Gasteiger partial charge in [-0.15, -0.1) is 0 Å². The summed E-state index contributed by atoms with van der Waals surface area (Å²) in [5.74, 6) is 0.0689. The highest BCUT2D eigenvalue weighted by Crippen LogP contribution is 2.10. The number of rotatable bonds is 5. The molecule has 0 spiro atoms. The Morgan fingerprint density at radius 2 is 2.21 bits per heavy atom. The van der Waals surface area contributed by atoms with Gasteiger partial charge in [0.1, 0.15) is 0 Å². The summed E-state index contributed by atoms with van der Waals surface area (Å²) in [7, 11) is 0. The second-order valence-electron chi connectivity index (χ2n) is 5.14. The van der Waals surface area contributed by atoms with Crippen LogP contribution in [0, 0.1) is 5.92 Å². The van der Waals surface area contributed by atoms with Gasteiger partial charge in [-0.1, -0.05) is 0 Å². The molecule has 2 N–H and O–H groups in total. The molecular weight excluding hydrogens is 246 g/mol. The van der Waals surface area contributed by atoms with E-state index >= 15 is 0 Å². The molecule has 0 aromatic heterocycles. The number of morpholine rings is 1. The molecule has 2 aliphatic heterocycles. The Morgan fingerprint density at radius 3 is 2.89 bits per heavy atom. The van der Waals surface area contributed by atoms with Gasteiger partial charge in [-0.3, -0.25) is 14.5 Å². The summed E-state index contributed by atoms with van der Waals surface area (Å²) in [5, 5.41) is 5.69. The fourth-order valence-corrected chi connectivity index (χ4v) is 2.44. The van der Waals surface area contributed by atoms with Gasteiger partial charge in [0.15, 0.2) is 0 Å². The lowest BCUT2D eigenvalue weighted by Gasteiger charge is -2.26. The van der Waals surface area contributed by atoms with Crippen molar-refractivity contribution in [2.75, 3.05) is 45.9 Å². The first-order valence-electron chi connectivity index (χ1n) is 7.10. The molecule has 6 nitrogen and oxygen atoms in total. The van der Waals surface area contributed by atoms with E-state index in [1.54, 1.807) is 0 Å². The molecule has 108 valence electrons. The van der Waals surface area contributed by atoms with Crippen molar-refractivity contribution < 1.29 is 14.3 Å². The molecule has 19 heavy (non-hydrogen) atoms. The third-order valence-electron chi connectivity index (χ3n) is 3.69. The Bertz CT molecular complexity index is 306. The average molecular weight is 269 g/mol. The van der Waals surface area contributed by atoms with Gasteiger partial charge in [0.05, 0.1) is 19.1 Å². The van der Waals surface area contributed by atoms with Crippen molar-refractivity contribution in [3.05, 3.63) is 0 Å². The van der Waals surface area contributed by atoms with Gasteiger partial charge in [0.25, 0.3) is 0 Å². The lowest BCUT2D eigenvalue weighted by Crippen LogP contribution is -2.43. The van der Waals surface area contributed by atoms with Crippen LogP contribution in [0.25, 0.3) is 0 Å². The minimum Gasteiger partial charge on any atom is -0.379 e. The molecule has 2 fully saturated rings. The highest BCUT2D eigenvalue weighted by Gasteiger charge is 2.23. The molecule has 0 aliphatic carbocycles. The van der Waals surface area contributed by atoms with Crippen molar-refractivity contribution in [1.29, 1.82) is 0 Å². The Hall–Kier alpha value is -1.14. The van der Waals surface area contributed by atoms with Crippen LogP contribution in [0.15, 0.2) is 0 Å². The van der Waals surface area contributed by atoms with E-state index in [0.29, 0.717) is 25.9 Å². The van der Waals surface area contributed by atoms with Gasteiger partial charge in [-0.25, -0.2) is 0 Å². The third-order valence-corrected chi connectivity index (χ3v) is 3.69. The zero-order valence-corrected chi connectivity index (χ0v) is 11.3. The van der Waals surface area contributed by atoms with Crippen LogP contribution < -0.4 is 10.6 Å². The van der Waals surface area contributed by atoms with E-state index < -0.39 is 0 Å². The lowest BCUT2D eigenvalue weighted by atomic mass is 9.98. The highest BCUT2D eigenvalue weighted by molar-refractivity contribution is 5.83. The monoisotopic (exact) mass is 269 g/mol. The Balaban J connectivity index is 1.54. The minimum atomic E-state index is -0.0545. The standard InChI is InChI=1S/C13H23N3O3/c17-12-3-2-11(10-15-12)13(18)14-4-1-5-16-6-8-19-9-7-16/h11H,1-10H2,(H,14,18)(H,15,17). The largest absolute Gasteiger partial charge is 0.379 e. The maximum atomic E-state index is 11.9. The van der Waals surface area contributed by atoms with Crippen LogP contribution in [0.2, 0.25) is 0 Å². The average Bonchev–Trinajstić information content (AvgIpc) is 2.45. The number of carbonyl (C=O) groups excluding carboxylic acids is 2. The van der Waals surface area contributed by atoms with Crippen molar-refractivity contribution in [2.24, 2.45) is 5.92 Å². The summed E-state index contributed by atoms with van der Waals surface area (Å²) in [5.41, 5.74) is 0. The van der Waals surface area contributed by atoms with Crippen LogP contribution in [0.5, 0.6) is 0 Å². The number of carbonyl (C=O) groups is 2. The second kappa shape index (κ2) is 7.45. The lowest BCUT2D eigenvalue weighted by molar-refractivity contribution is -0.128. The number of amides is 2. The number of nitrogens with zero attached hydrogens (tertiary/aromatic N) is 1. The van der Waals surface area contributed by atoms with Crippen LogP contribution in [-0.2, 0) is 14.3 Å². The van der Waals surface area contributed by atoms with Crippen molar-refractivity contribution in [2.45, 2.75) is 19.3 Å². The van der Waals surface area contributed by atoms with Gasteiger partial charge in [-0.2, -0.15) is 0 Å². The van der Waals surface area contributed by atoms with E-state index in [2.05, 4.69) is 15.5 Å². The summed E-state index contributed by atoms with van der Waals surface area (Å²) in [6, 6.07) is 0. The molecule has 1 atom stereocenters. The van der Waals surface area contributed by atoms with Crippen molar-refractivity contribution >= 4 is 11.8 Å². The molecule has 2 heterocycles. The zero-order chi connectivity index (χ0) is 13.5. The molecule has 0 aromatic carbocycles. The molecular formula is C13H23N3O3. The summed E-state index contributed by atoms with van der Waals surface area (Å²) in [6.07, 6.45) is 2.10. The maximum absolute atomic E-state index is 11.9. The molecule has 1 unspecified atom stereocenters. The predicted octanol–water partition coefficient (Wildman–Crippen LogP) is -0.649. The van der Waals surface area contributed by atoms with Crippen LogP contribution in [-0.4, -0.2) is 62.7 Å². The first-order chi connectivity index (χ1) is 9.25. The van der Waals surface area contributed by atoms with Crippen LogP contribution in [0.4, 0.5) is 0 Å². The summed E-state index contributed by atoms with van der Waals surface area (Å²) in [4.78, 5) is 25.2. The molecule has 0 radical (unpaired) electrons. The topological polar surface area (TPSA) is 70.7 Å². The van der Waals surface area contributed by atoms with Gasteiger partial charge < -0.3 is 15.4 Å². The number of piperidine rings is 1. The first kappa shape index (κ1) is 14.3. The normalized spacial score (nSPS) is 24.8. The van der Waals surface area contributed by atoms with Crippen LogP contribution in [0.3, 0.4) is 0 Å². The van der Waals surface area contributed by atoms with Crippen molar-refractivity contribution in [3.63, 3.8) is 0 Å². The summed E-state index contributed by atoms with van der Waals surface area (Å²) >= 11 is 0. The molecule has 0 saturated carbocycles. The van der Waals surface area contributed by atoms with E-state index in [4.69, 9.17) is 4.74 Å². The number of hydrogen-bond donors (Lipinski definition) is 2. The van der Waals surface area contributed by atoms with Crippen molar-refractivity contribution in [1.82, 2.24) is 15.5 Å². The van der Waals surface area contributed by atoms with E-state index in [1.807, 2.05) is 0 Å². The number of hydrogen-bond acceptors (Lipinski definition) is 4. The van der Waals surface area contributed by atoms with Gasteiger partial charge in [-0.05, 0) is 19.4 Å². The van der Waals surface area contributed by atoms with Crippen molar-refractivity contribution in [3.8, 4) is 0 Å². The Labute approximate surface area is 113 Å².